The maximum Gasteiger partial charge on any atom is 0.225 e. The summed E-state index contributed by atoms with van der Waals surface area (Å²) < 4.78 is 14.9. The van der Waals surface area contributed by atoms with Gasteiger partial charge in [0.2, 0.25) is 5.95 Å². The van der Waals surface area contributed by atoms with Crippen molar-refractivity contribution in [3.8, 4) is 11.4 Å². The molecule has 1 aromatic carbocycles. The molecule has 3 aromatic heterocycles. The summed E-state index contributed by atoms with van der Waals surface area (Å²) in [7, 11) is 1.85. The van der Waals surface area contributed by atoms with Crippen molar-refractivity contribution in [2.75, 3.05) is 10.6 Å². The van der Waals surface area contributed by atoms with Crippen LogP contribution in [0.4, 0.5) is 22.0 Å². The highest BCUT2D eigenvalue weighted by Crippen LogP contribution is 2.24. The molecule has 29 heavy (non-hydrogen) atoms. The zero-order valence-corrected chi connectivity index (χ0v) is 15.9. The summed E-state index contributed by atoms with van der Waals surface area (Å²) in [6.45, 7) is 1.96. The van der Waals surface area contributed by atoms with E-state index in [2.05, 4.69) is 35.7 Å². The number of aryl methyl sites for hydroxylation is 1. The number of nitrogens with zero attached hydrogens (tertiary/aromatic N) is 6. The zero-order valence-electron chi connectivity index (χ0n) is 15.9. The molecule has 1 atom stereocenters. The minimum absolute atomic E-state index is 0.123. The van der Waals surface area contributed by atoms with Gasteiger partial charge < -0.3 is 10.6 Å². The first kappa shape index (κ1) is 18.5. The third-order valence-corrected chi connectivity index (χ3v) is 4.34. The molecular formula is C20H19FN8. The van der Waals surface area contributed by atoms with Crippen molar-refractivity contribution < 1.29 is 4.39 Å². The predicted octanol–water partition coefficient (Wildman–Crippen LogP) is 3.72. The van der Waals surface area contributed by atoms with Gasteiger partial charge in [-0.05, 0) is 30.7 Å². The molecule has 0 bridgehead atoms. The summed E-state index contributed by atoms with van der Waals surface area (Å²) in [5.41, 5.74) is 2.46. The van der Waals surface area contributed by atoms with E-state index in [9.17, 15) is 4.39 Å². The molecule has 0 aliphatic carbocycles. The second-order valence-corrected chi connectivity index (χ2v) is 6.44. The Bertz CT molecular complexity index is 1100. The fraction of sp³-hybridized carbons (Fsp3) is 0.150. The molecule has 8 nitrogen and oxygen atoms in total. The van der Waals surface area contributed by atoms with Gasteiger partial charge in [0.1, 0.15) is 17.5 Å². The van der Waals surface area contributed by atoms with Gasteiger partial charge in [-0.1, -0.05) is 12.1 Å². The lowest BCUT2D eigenvalue weighted by molar-refractivity contribution is 0.626. The van der Waals surface area contributed by atoms with E-state index < -0.39 is 0 Å². The van der Waals surface area contributed by atoms with Gasteiger partial charge in [-0.15, -0.1) is 0 Å². The van der Waals surface area contributed by atoms with Gasteiger partial charge >= 0.3 is 0 Å². The number of anilines is 3. The Labute approximate surface area is 166 Å². The van der Waals surface area contributed by atoms with E-state index in [1.165, 1.54) is 12.1 Å². The average molecular weight is 390 g/mol. The van der Waals surface area contributed by atoms with Crippen LogP contribution in [0.3, 0.4) is 0 Å². The van der Waals surface area contributed by atoms with Crippen molar-refractivity contribution in [1.29, 1.82) is 0 Å². The Morgan fingerprint density at radius 1 is 1.00 bits per heavy atom. The van der Waals surface area contributed by atoms with Gasteiger partial charge in [-0.25, -0.2) is 14.4 Å². The topological polar surface area (TPSA) is 93.4 Å². The maximum absolute atomic E-state index is 13.2. The number of benzene rings is 1. The van der Waals surface area contributed by atoms with Crippen LogP contribution in [0.15, 0.2) is 61.2 Å². The maximum atomic E-state index is 13.2. The molecule has 146 valence electrons. The first-order chi connectivity index (χ1) is 14.1. The van der Waals surface area contributed by atoms with Crippen LogP contribution in [0, 0.1) is 5.82 Å². The normalized spacial score (nSPS) is 11.8. The first-order valence-corrected chi connectivity index (χ1v) is 9.01. The Morgan fingerprint density at radius 3 is 2.52 bits per heavy atom. The predicted molar refractivity (Wildman–Crippen MR) is 108 cm³/mol. The van der Waals surface area contributed by atoms with Crippen LogP contribution >= 0.6 is 0 Å². The first-order valence-electron chi connectivity index (χ1n) is 9.01. The van der Waals surface area contributed by atoms with Crippen molar-refractivity contribution in [3.63, 3.8) is 0 Å². The number of aromatic nitrogens is 6. The van der Waals surface area contributed by atoms with Crippen LogP contribution < -0.4 is 10.6 Å². The molecule has 2 N–H and O–H groups in total. The average Bonchev–Trinajstić information content (AvgIpc) is 3.15. The summed E-state index contributed by atoms with van der Waals surface area (Å²) in [5.74, 6) is 1.28. The summed E-state index contributed by atoms with van der Waals surface area (Å²) in [4.78, 5) is 17.5. The molecule has 0 amide bonds. The number of hydrogen-bond donors (Lipinski definition) is 2. The molecule has 0 spiro atoms. The number of halogens is 1. The SMILES string of the molecule is C[C@H](Nc1nc(Nc2cnccn2)cc(-c2ccnn2C)n1)c1ccc(F)cc1. The smallest absolute Gasteiger partial charge is 0.225 e. The highest BCUT2D eigenvalue weighted by Gasteiger charge is 2.13. The van der Waals surface area contributed by atoms with E-state index in [1.54, 1.807) is 41.6 Å². The second kappa shape index (κ2) is 8.01. The van der Waals surface area contributed by atoms with Gasteiger partial charge in [0, 0.05) is 31.7 Å². The lowest BCUT2D eigenvalue weighted by Crippen LogP contribution is -2.11. The molecule has 0 saturated carbocycles. The quantitative estimate of drug-likeness (QED) is 0.518. The molecule has 0 saturated heterocycles. The zero-order chi connectivity index (χ0) is 20.2. The highest BCUT2D eigenvalue weighted by atomic mass is 19.1. The molecule has 0 radical (unpaired) electrons. The largest absolute Gasteiger partial charge is 0.348 e. The minimum Gasteiger partial charge on any atom is -0.348 e. The molecule has 3 heterocycles. The van der Waals surface area contributed by atoms with Gasteiger partial charge in [0.05, 0.1) is 23.6 Å². The Balaban J connectivity index is 1.67. The molecule has 0 fully saturated rings. The monoisotopic (exact) mass is 390 g/mol. The molecule has 0 aliphatic rings. The highest BCUT2D eigenvalue weighted by molar-refractivity contribution is 5.64. The van der Waals surface area contributed by atoms with Crippen LogP contribution in [-0.4, -0.2) is 29.7 Å². The Morgan fingerprint density at radius 2 is 1.83 bits per heavy atom. The van der Waals surface area contributed by atoms with Gasteiger partial charge in [-0.3, -0.25) is 9.67 Å². The van der Waals surface area contributed by atoms with E-state index in [-0.39, 0.29) is 11.9 Å². The van der Waals surface area contributed by atoms with Crippen molar-refractivity contribution in [2.24, 2.45) is 7.05 Å². The van der Waals surface area contributed by atoms with Crippen molar-refractivity contribution in [1.82, 2.24) is 29.7 Å². The number of rotatable bonds is 6. The van der Waals surface area contributed by atoms with E-state index in [4.69, 9.17) is 0 Å². The van der Waals surface area contributed by atoms with Crippen LogP contribution in [0.2, 0.25) is 0 Å². The second-order valence-electron chi connectivity index (χ2n) is 6.44. The molecule has 4 rings (SSSR count). The third kappa shape index (κ3) is 4.34. The van der Waals surface area contributed by atoms with Gasteiger partial charge in [0.25, 0.3) is 0 Å². The fourth-order valence-corrected chi connectivity index (χ4v) is 2.86. The van der Waals surface area contributed by atoms with Crippen molar-refractivity contribution in [3.05, 3.63) is 72.6 Å². The Kier molecular flexibility index (Phi) is 5.10. The van der Waals surface area contributed by atoms with Crippen LogP contribution in [0.1, 0.15) is 18.5 Å². The third-order valence-electron chi connectivity index (χ3n) is 4.34. The van der Waals surface area contributed by atoms with Crippen molar-refractivity contribution >= 4 is 17.6 Å². The fourth-order valence-electron chi connectivity index (χ4n) is 2.86. The lowest BCUT2D eigenvalue weighted by Gasteiger charge is -2.16. The molecule has 0 unspecified atom stereocenters. The molecule has 0 aliphatic heterocycles. The van der Waals surface area contributed by atoms with Crippen LogP contribution in [0.5, 0.6) is 0 Å². The van der Waals surface area contributed by atoms with E-state index in [1.807, 2.05) is 26.1 Å². The van der Waals surface area contributed by atoms with Gasteiger partial charge in [-0.2, -0.15) is 10.1 Å². The number of hydrogen-bond acceptors (Lipinski definition) is 7. The summed E-state index contributed by atoms with van der Waals surface area (Å²) in [5, 5.41) is 10.6. The lowest BCUT2D eigenvalue weighted by atomic mass is 10.1. The molecule has 4 aromatic rings. The number of nitrogens with one attached hydrogen (secondary N) is 2. The summed E-state index contributed by atoms with van der Waals surface area (Å²) in [6.07, 6.45) is 6.52. The minimum atomic E-state index is -0.272. The molecular weight excluding hydrogens is 371 g/mol. The summed E-state index contributed by atoms with van der Waals surface area (Å²) in [6, 6.07) is 9.90. The van der Waals surface area contributed by atoms with E-state index >= 15 is 0 Å². The van der Waals surface area contributed by atoms with Crippen LogP contribution in [-0.2, 0) is 7.05 Å². The standard InChI is InChI=1S/C20H19FN8/c1-13(14-3-5-15(21)6-4-14)25-20-26-16(17-7-8-24-29(17)2)11-18(28-20)27-19-12-22-9-10-23-19/h3-13H,1-2H3,(H2,23,25,26,27,28)/t13-/m0/s1. The van der Waals surface area contributed by atoms with E-state index in [0.717, 1.165) is 11.3 Å². The summed E-state index contributed by atoms with van der Waals surface area (Å²) >= 11 is 0. The molecule has 9 heteroatoms. The van der Waals surface area contributed by atoms with E-state index in [0.29, 0.717) is 23.3 Å². The van der Waals surface area contributed by atoms with Gasteiger partial charge in [0.15, 0.2) is 0 Å². The van der Waals surface area contributed by atoms with Crippen LogP contribution in [0.25, 0.3) is 11.4 Å². The van der Waals surface area contributed by atoms with Crippen molar-refractivity contribution in [2.45, 2.75) is 13.0 Å². The Hall–Kier alpha value is -3.88.